The van der Waals surface area contributed by atoms with Crippen LogP contribution in [0.15, 0.2) is 95.0 Å². The Bertz CT molecular complexity index is 1270. The summed E-state index contributed by atoms with van der Waals surface area (Å²) < 4.78 is 33.5. The fourth-order valence-corrected chi connectivity index (χ4v) is 5.40. The van der Waals surface area contributed by atoms with E-state index >= 15 is 0 Å². The Morgan fingerprint density at radius 1 is 0.879 bits per heavy atom. The third-order valence-electron chi connectivity index (χ3n) is 4.95. The van der Waals surface area contributed by atoms with Crippen LogP contribution in [0.3, 0.4) is 0 Å². The Morgan fingerprint density at radius 3 is 2.24 bits per heavy atom. The first-order valence-electron chi connectivity index (χ1n) is 10.6. The van der Waals surface area contributed by atoms with Gasteiger partial charge in [0.1, 0.15) is 11.5 Å². The van der Waals surface area contributed by atoms with E-state index in [0.29, 0.717) is 17.6 Å². The molecule has 4 rings (SSSR count). The second kappa shape index (κ2) is 10.7. The molecule has 170 valence electrons. The van der Waals surface area contributed by atoms with Crippen molar-refractivity contribution >= 4 is 21.6 Å². The van der Waals surface area contributed by atoms with E-state index in [4.69, 9.17) is 4.74 Å². The Kier molecular flexibility index (Phi) is 7.47. The van der Waals surface area contributed by atoms with Crippen LogP contribution in [0.25, 0.3) is 5.69 Å². The highest BCUT2D eigenvalue weighted by molar-refractivity contribution is 7.99. The number of aromatic nitrogens is 3. The lowest BCUT2D eigenvalue weighted by Crippen LogP contribution is -2.11. The minimum atomic E-state index is -3.55. The second-order valence-corrected chi connectivity index (χ2v) is 10.6. The zero-order valence-corrected chi connectivity index (χ0v) is 19.9. The molecule has 0 amide bonds. The Labute approximate surface area is 198 Å². The van der Waals surface area contributed by atoms with Gasteiger partial charge in [0.2, 0.25) is 0 Å². The van der Waals surface area contributed by atoms with Crippen LogP contribution in [0.5, 0.6) is 5.75 Å². The molecular weight excluding hydrogens is 454 g/mol. The molecule has 0 aliphatic carbocycles. The third-order valence-corrected chi connectivity index (χ3v) is 7.59. The first-order chi connectivity index (χ1) is 16.0. The van der Waals surface area contributed by atoms with Gasteiger partial charge in [0, 0.05) is 11.4 Å². The molecular formula is C25H25N3O3S2. The fourth-order valence-electron chi connectivity index (χ4n) is 3.25. The summed E-state index contributed by atoms with van der Waals surface area (Å²) in [5.74, 6) is 1.79. The summed E-state index contributed by atoms with van der Waals surface area (Å²) in [7, 11) is -3.55. The maximum Gasteiger partial charge on any atom is 0.195 e. The average Bonchev–Trinajstić information content (AvgIpc) is 3.22. The quantitative estimate of drug-likeness (QED) is 0.232. The van der Waals surface area contributed by atoms with Crippen LogP contribution in [0.1, 0.15) is 17.8 Å². The van der Waals surface area contributed by atoms with Gasteiger partial charge in [-0.1, -0.05) is 65.9 Å². The summed E-state index contributed by atoms with van der Waals surface area (Å²) in [6, 6.07) is 26.0. The highest BCUT2D eigenvalue weighted by atomic mass is 32.2. The van der Waals surface area contributed by atoms with Crippen molar-refractivity contribution < 1.29 is 13.2 Å². The normalized spacial score (nSPS) is 11.4. The van der Waals surface area contributed by atoms with Gasteiger partial charge in [-0.2, -0.15) is 0 Å². The van der Waals surface area contributed by atoms with Crippen molar-refractivity contribution in [1.82, 2.24) is 14.8 Å². The molecule has 0 fully saturated rings. The minimum absolute atomic E-state index is 0.226. The highest BCUT2D eigenvalue weighted by Crippen LogP contribution is 2.25. The molecule has 8 heteroatoms. The Balaban J connectivity index is 1.46. The second-order valence-electron chi connectivity index (χ2n) is 7.51. The highest BCUT2D eigenvalue weighted by Gasteiger charge is 2.22. The lowest BCUT2D eigenvalue weighted by atomic mass is 10.2. The molecule has 0 unspecified atom stereocenters. The van der Waals surface area contributed by atoms with Crippen LogP contribution in [-0.4, -0.2) is 35.5 Å². The Hall–Kier alpha value is -3.10. The van der Waals surface area contributed by atoms with E-state index < -0.39 is 9.84 Å². The number of thioether (sulfide) groups is 1. The number of hydrogen-bond acceptors (Lipinski definition) is 6. The number of sulfone groups is 1. The monoisotopic (exact) mass is 479 g/mol. The van der Waals surface area contributed by atoms with Gasteiger partial charge in [-0.15, -0.1) is 10.2 Å². The summed E-state index contributed by atoms with van der Waals surface area (Å²) in [6.07, 6.45) is 0.817. The summed E-state index contributed by atoms with van der Waals surface area (Å²) >= 11 is 1.54. The molecule has 1 aromatic heterocycles. The van der Waals surface area contributed by atoms with Crippen molar-refractivity contribution in [2.24, 2.45) is 0 Å². The number of benzene rings is 3. The average molecular weight is 480 g/mol. The first-order valence-corrected chi connectivity index (χ1v) is 13.3. The molecule has 0 bridgehead atoms. The number of rotatable bonds is 10. The molecule has 4 aromatic rings. The van der Waals surface area contributed by atoms with Crippen LogP contribution in [0.4, 0.5) is 0 Å². The van der Waals surface area contributed by atoms with E-state index in [1.165, 1.54) is 17.3 Å². The molecule has 0 saturated heterocycles. The van der Waals surface area contributed by atoms with Crippen molar-refractivity contribution in [3.8, 4) is 11.4 Å². The predicted molar refractivity (Wildman–Crippen MR) is 131 cm³/mol. The van der Waals surface area contributed by atoms with E-state index in [-0.39, 0.29) is 10.6 Å². The molecule has 0 atom stereocenters. The van der Waals surface area contributed by atoms with Crippen molar-refractivity contribution in [2.45, 2.75) is 29.1 Å². The minimum Gasteiger partial charge on any atom is -0.494 e. The molecule has 1 heterocycles. The van der Waals surface area contributed by atoms with Crippen molar-refractivity contribution in [3.63, 3.8) is 0 Å². The van der Waals surface area contributed by atoms with Crippen LogP contribution in [0, 0.1) is 6.92 Å². The molecule has 3 aromatic carbocycles. The summed E-state index contributed by atoms with van der Waals surface area (Å²) in [4.78, 5) is 0.273. The van der Waals surface area contributed by atoms with Gasteiger partial charge in [0.25, 0.3) is 0 Å². The maximum absolute atomic E-state index is 12.9. The largest absolute Gasteiger partial charge is 0.494 e. The summed E-state index contributed by atoms with van der Waals surface area (Å²) in [6.45, 7) is 2.63. The molecule has 0 N–H and O–H groups in total. The van der Waals surface area contributed by atoms with E-state index in [2.05, 4.69) is 10.2 Å². The van der Waals surface area contributed by atoms with Gasteiger partial charge in [0.05, 0.1) is 11.5 Å². The van der Waals surface area contributed by atoms with E-state index in [1.54, 1.807) is 30.3 Å². The van der Waals surface area contributed by atoms with Crippen LogP contribution < -0.4 is 4.74 Å². The van der Waals surface area contributed by atoms with Crippen LogP contribution in [-0.2, 0) is 15.6 Å². The standard InChI is InChI=1S/C25H25N3O3S2/c1-20-13-15-22(16-14-20)31-17-8-18-32-25-27-26-24(28(25)21-9-4-2-5-10-21)19-33(29,30)23-11-6-3-7-12-23/h2-7,9-16H,8,17-19H2,1H3. The summed E-state index contributed by atoms with van der Waals surface area (Å²) in [5, 5.41) is 9.21. The van der Waals surface area contributed by atoms with Crippen LogP contribution in [0.2, 0.25) is 0 Å². The van der Waals surface area contributed by atoms with Crippen molar-refractivity contribution in [1.29, 1.82) is 0 Å². The van der Waals surface area contributed by atoms with Gasteiger partial charge in [-0.25, -0.2) is 8.42 Å². The first kappa shape index (κ1) is 23.1. The SMILES string of the molecule is Cc1ccc(OCCCSc2nnc(CS(=O)(=O)c3ccccc3)n2-c2ccccc2)cc1. The van der Waals surface area contributed by atoms with E-state index in [1.807, 2.05) is 66.1 Å². The molecule has 33 heavy (non-hydrogen) atoms. The predicted octanol–water partition coefficient (Wildman–Crippen LogP) is 5.11. The maximum atomic E-state index is 12.9. The number of ether oxygens (including phenoxy) is 1. The van der Waals surface area contributed by atoms with Gasteiger partial charge in [-0.3, -0.25) is 4.57 Å². The summed E-state index contributed by atoms with van der Waals surface area (Å²) in [5.41, 5.74) is 2.03. The third kappa shape index (κ3) is 6.03. The molecule has 0 aliphatic heterocycles. The van der Waals surface area contributed by atoms with Gasteiger partial charge in [-0.05, 0) is 49.7 Å². The zero-order chi connectivity index (χ0) is 23.1. The molecule has 0 spiro atoms. The van der Waals surface area contributed by atoms with Gasteiger partial charge in [0.15, 0.2) is 20.8 Å². The van der Waals surface area contributed by atoms with Crippen molar-refractivity contribution in [2.75, 3.05) is 12.4 Å². The topological polar surface area (TPSA) is 74.1 Å². The van der Waals surface area contributed by atoms with Crippen molar-refractivity contribution in [3.05, 3.63) is 96.3 Å². The molecule has 0 aliphatic rings. The smallest absolute Gasteiger partial charge is 0.195 e. The van der Waals surface area contributed by atoms with E-state index in [9.17, 15) is 8.42 Å². The number of aryl methyl sites for hydroxylation is 1. The molecule has 6 nitrogen and oxygen atoms in total. The molecule has 0 radical (unpaired) electrons. The van der Waals surface area contributed by atoms with E-state index in [0.717, 1.165) is 23.6 Å². The fraction of sp³-hybridized carbons (Fsp3) is 0.200. The van der Waals surface area contributed by atoms with Gasteiger partial charge < -0.3 is 4.74 Å². The molecule has 0 saturated carbocycles. The lowest BCUT2D eigenvalue weighted by Gasteiger charge is -2.11. The Morgan fingerprint density at radius 2 is 1.55 bits per heavy atom. The number of hydrogen-bond donors (Lipinski definition) is 0. The zero-order valence-electron chi connectivity index (χ0n) is 18.3. The lowest BCUT2D eigenvalue weighted by molar-refractivity contribution is 0.318. The number of para-hydroxylation sites is 1. The van der Waals surface area contributed by atoms with Gasteiger partial charge >= 0.3 is 0 Å². The van der Waals surface area contributed by atoms with Crippen LogP contribution >= 0.6 is 11.8 Å². The number of nitrogens with zero attached hydrogens (tertiary/aromatic N) is 3.